The highest BCUT2D eigenvalue weighted by Crippen LogP contribution is 2.26. The molecule has 1 aliphatic carbocycles. The number of hydrogen-bond acceptors (Lipinski definition) is 6. The Bertz CT molecular complexity index is 700. The number of aromatic hydroxyl groups is 1. The number of allylic oxidation sites excluding steroid dienone is 1. The average molecular weight is 404 g/mol. The molecular weight excluding hydrogens is 387 g/mol. The molecule has 0 bridgehead atoms. The van der Waals surface area contributed by atoms with Crippen LogP contribution < -0.4 is 16.2 Å². The van der Waals surface area contributed by atoms with Crippen molar-refractivity contribution in [2.24, 2.45) is 0 Å². The number of rotatable bonds is 2. The van der Waals surface area contributed by atoms with Crippen LogP contribution in [0.2, 0.25) is 10.3 Å². The number of nitrogens with two attached hydrogens (primary N) is 2. The van der Waals surface area contributed by atoms with Gasteiger partial charge in [0.25, 0.3) is 0 Å². The van der Waals surface area contributed by atoms with Crippen molar-refractivity contribution in [2.45, 2.75) is 25.4 Å². The minimum Gasteiger partial charge on any atom is -0.493 e. The molecule has 2 aromatic rings. The molecule has 3 rings (SSSR count). The van der Waals surface area contributed by atoms with Crippen LogP contribution in [0.1, 0.15) is 19.3 Å². The van der Waals surface area contributed by atoms with Gasteiger partial charge in [-0.2, -0.15) is 0 Å². The lowest BCUT2D eigenvalue weighted by atomic mass is 10.0. The van der Waals surface area contributed by atoms with Crippen molar-refractivity contribution in [3.05, 3.63) is 45.7 Å². The third kappa shape index (κ3) is 6.86. The first kappa shape index (κ1) is 19.4. The van der Waals surface area contributed by atoms with Crippen molar-refractivity contribution in [1.29, 1.82) is 0 Å². The summed E-state index contributed by atoms with van der Waals surface area (Å²) in [5.74, 6) is 0.321. The molecule has 9 heteroatoms. The summed E-state index contributed by atoms with van der Waals surface area (Å²) >= 11 is 17.1. The molecule has 6 nitrogen and oxygen atoms in total. The van der Waals surface area contributed by atoms with Crippen molar-refractivity contribution in [1.82, 2.24) is 9.97 Å². The standard InChI is InChI=1S/C11H12Cl2N2O.C5H5ClN2O/c12-7-1-3-9(4-2-7)16-11-6-8(14)5-10(13)15-11;6-4-1-3(7)2-5(9)8-4/h1,5-6,9H,2-4H2,(H2,14,15);1-2H,(H3,7,8,9). The van der Waals surface area contributed by atoms with E-state index in [1.54, 1.807) is 12.1 Å². The van der Waals surface area contributed by atoms with Crippen molar-refractivity contribution in [3.63, 3.8) is 0 Å². The second-order valence-electron chi connectivity index (χ2n) is 5.31. The smallest absolute Gasteiger partial charge is 0.217 e. The zero-order chi connectivity index (χ0) is 18.4. The van der Waals surface area contributed by atoms with Crippen LogP contribution >= 0.6 is 34.8 Å². The molecule has 0 aliphatic heterocycles. The summed E-state index contributed by atoms with van der Waals surface area (Å²) in [4.78, 5) is 7.53. The molecule has 0 fully saturated rings. The molecule has 134 valence electrons. The summed E-state index contributed by atoms with van der Waals surface area (Å²) in [7, 11) is 0. The maximum atomic E-state index is 8.72. The SMILES string of the molecule is Nc1cc(Cl)nc(OC2CC=C(Cl)CC2)c1.Nc1cc(O)nc(Cl)c1. The van der Waals surface area contributed by atoms with E-state index in [0.717, 1.165) is 24.3 Å². The van der Waals surface area contributed by atoms with Crippen LogP contribution in [0.5, 0.6) is 11.8 Å². The first-order valence-electron chi connectivity index (χ1n) is 7.38. The largest absolute Gasteiger partial charge is 0.493 e. The quantitative estimate of drug-likeness (QED) is 0.642. The molecule has 5 N–H and O–H groups in total. The molecule has 0 radical (unpaired) electrons. The van der Waals surface area contributed by atoms with Crippen molar-refractivity contribution >= 4 is 46.2 Å². The first-order chi connectivity index (χ1) is 11.8. The Morgan fingerprint density at radius 1 is 1.00 bits per heavy atom. The average Bonchev–Trinajstić information content (AvgIpc) is 2.48. The number of hydrogen-bond donors (Lipinski definition) is 3. The van der Waals surface area contributed by atoms with Gasteiger partial charge in [-0.05, 0) is 25.0 Å². The van der Waals surface area contributed by atoms with Gasteiger partial charge in [0.2, 0.25) is 11.8 Å². The van der Waals surface area contributed by atoms with Crippen LogP contribution in [-0.4, -0.2) is 21.2 Å². The fraction of sp³-hybridized carbons (Fsp3) is 0.250. The lowest BCUT2D eigenvalue weighted by molar-refractivity contribution is 0.182. The van der Waals surface area contributed by atoms with Gasteiger partial charge in [0.05, 0.1) is 0 Å². The third-order valence-corrected chi connectivity index (χ3v) is 3.92. The summed E-state index contributed by atoms with van der Waals surface area (Å²) < 4.78 is 5.69. The van der Waals surface area contributed by atoms with E-state index >= 15 is 0 Å². The van der Waals surface area contributed by atoms with Gasteiger partial charge in [0.1, 0.15) is 16.4 Å². The lowest BCUT2D eigenvalue weighted by Gasteiger charge is -2.20. The van der Waals surface area contributed by atoms with Crippen LogP contribution in [0, 0.1) is 0 Å². The van der Waals surface area contributed by atoms with Crippen LogP contribution in [0.15, 0.2) is 35.4 Å². The van der Waals surface area contributed by atoms with Crippen LogP contribution in [0.25, 0.3) is 0 Å². The monoisotopic (exact) mass is 402 g/mol. The van der Waals surface area contributed by atoms with Gasteiger partial charge in [-0.1, -0.05) is 40.9 Å². The Hall–Kier alpha value is -1.89. The van der Waals surface area contributed by atoms with Crippen molar-refractivity contribution in [3.8, 4) is 11.8 Å². The van der Waals surface area contributed by atoms with Gasteiger partial charge < -0.3 is 21.3 Å². The number of aromatic nitrogens is 2. The molecule has 1 atom stereocenters. The maximum absolute atomic E-state index is 8.72. The highest BCUT2D eigenvalue weighted by atomic mass is 35.5. The molecule has 0 aromatic carbocycles. The Balaban J connectivity index is 0.000000212. The number of nitrogens with zero attached hydrogens (tertiary/aromatic N) is 2. The van der Waals surface area contributed by atoms with E-state index in [1.807, 2.05) is 6.08 Å². The number of nitrogen functional groups attached to an aromatic ring is 2. The second kappa shape index (κ2) is 8.99. The van der Waals surface area contributed by atoms with Crippen LogP contribution in [0.3, 0.4) is 0 Å². The minimum absolute atomic E-state index is 0.105. The number of pyridine rings is 2. The van der Waals surface area contributed by atoms with Gasteiger partial charge >= 0.3 is 0 Å². The number of anilines is 2. The predicted molar refractivity (Wildman–Crippen MR) is 101 cm³/mol. The number of halogens is 3. The van der Waals surface area contributed by atoms with E-state index in [2.05, 4.69) is 9.97 Å². The topological polar surface area (TPSA) is 107 Å². The van der Waals surface area contributed by atoms with Gasteiger partial charge in [-0.3, -0.25) is 0 Å². The third-order valence-electron chi connectivity index (χ3n) is 3.19. The minimum atomic E-state index is -0.153. The van der Waals surface area contributed by atoms with E-state index in [9.17, 15) is 0 Å². The molecular formula is C16H17Cl3N4O2. The fourth-order valence-corrected chi connectivity index (χ4v) is 2.73. The van der Waals surface area contributed by atoms with Gasteiger partial charge in [0, 0.05) is 35.0 Å². The van der Waals surface area contributed by atoms with Gasteiger partial charge in [-0.15, -0.1) is 0 Å². The molecule has 0 saturated heterocycles. The Morgan fingerprint density at radius 3 is 2.16 bits per heavy atom. The van der Waals surface area contributed by atoms with Crippen molar-refractivity contribution in [2.75, 3.05) is 11.5 Å². The molecule has 25 heavy (non-hydrogen) atoms. The van der Waals surface area contributed by atoms with E-state index in [1.165, 1.54) is 12.1 Å². The molecule has 1 unspecified atom stereocenters. The van der Waals surface area contributed by atoms with E-state index < -0.39 is 0 Å². The van der Waals surface area contributed by atoms with E-state index in [-0.39, 0.29) is 17.1 Å². The van der Waals surface area contributed by atoms with Gasteiger partial charge in [-0.25, -0.2) is 9.97 Å². The summed E-state index contributed by atoms with van der Waals surface area (Å²) in [6.45, 7) is 0. The number of ether oxygens (including phenoxy) is 1. The Morgan fingerprint density at radius 2 is 1.64 bits per heavy atom. The normalized spacial score (nSPS) is 16.4. The summed E-state index contributed by atoms with van der Waals surface area (Å²) in [5, 5.41) is 10.2. The summed E-state index contributed by atoms with van der Waals surface area (Å²) in [5.41, 5.74) is 11.9. The molecule has 0 saturated carbocycles. The highest BCUT2D eigenvalue weighted by Gasteiger charge is 2.15. The second-order valence-corrected chi connectivity index (χ2v) is 6.57. The molecule has 0 spiro atoms. The van der Waals surface area contributed by atoms with E-state index in [0.29, 0.717) is 22.4 Å². The van der Waals surface area contributed by atoms with Gasteiger partial charge in [0.15, 0.2) is 0 Å². The maximum Gasteiger partial charge on any atom is 0.217 e. The Kier molecular flexibility index (Phi) is 6.99. The van der Waals surface area contributed by atoms with Crippen LogP contribution in [0.4, 0.5) is 11.4 Å². The van der Waals surface area contributed by atoms with Crippen molar-refractivity contribution < 1.29 is 9.84 Å². The molecule has 2 aromatic heterocycles. The zero-order valence-electron chi connectivity index (χ0n) is 13.1. The fourth-order valence-electron chi connectivity index (χ4n) is 2.11. The zero-order valence-corrected chi connectivity index (χ0v) is 15.4. The highest BCUT2D eigenvalue weighted by molar-refractivity contribution is 6.30. The van der Waals surface area contributed by atoms with E-state index in [4.69, 9.17) is 56.1 Å². The summed E-state index contributed by atoms with van der Waals surface area (Å²) in [6.07, 6.45) is 4.62. The summed E-state index contributed by atoms with van der Waals surface area (Å²) in [6, 6.07) is 6.05. The first-order valence-corrected chi connectivity index (χ1v) is 8.51. The Labute approximate surface area is 160 Å². The molecule has 1 aliphatic rings. The molecule has 2 heterocycles. The van der Waals surface area contributed by atoms with Crippen LogP contribution in [-0.2, 0) is 0 Å². The lowest BCUT2D eigenvalue weighted by Crippen LogP contribution is -2.19. The predicted octanol–water partition coefficient (Wildman–Crippen LogP) is 4.39. The molecule has 0 amide bonds.